The summed E-state index contributed by atoms with van der Waals surface area (Å²) in [5, 5.41) is 2.94. The molecule has 1 unspecified atom stereocenters. The molecule has 138 valence electrons. The number of esters is 1. The highest BCUT2D eigenvalue weighted by molar-refractivity contribution is 5.94. The third-order valence-electron chi connectivity index (χ3n) is 3.86. The molecule has 0 aliphatic carbocycles. The third-order valence-corrected chi connectivity index (χ3v) is 3.86. The van der Waals surface area contributed by atoms with Crippen LogP contribution >= 0.6 is 0 Å². The summed E-state index contributed by atoms with van der Waals surface area (Å²) < 4.78 is 10.5. The summed E-state index contributed by atoms with van der Waals surface area (Å²) in [7, 11) is 0. The van der Waals surface area contributed by atoms with E-state index in [1.807, 2.05) is 56.3 Å². The molecule has 0 bridgehead atoms. The quantitative estimate of drug-likeness (QED) is 0.731. The van der Waals surface area contributed by atoms with Crippen LogP contribution in [0.1, 0.15) is 47.8 Å². The van der Waals surface area contributed by atoms with Gasteiger partial charge in [-0.3, -0.25) is 9.59 Å². The summed E-state index contributed by atoms with van der Waals surface area (Å²) in [6.45, 7) is 6.49. The first-order valence-corrected chi connectivity index (χ1v) is 8.79. The van der Waals surface area contributed by atoms with Crippen LogP contribution in [0.25, 0.3) is 0 Å². The topological polar surface area (TPSA) is 64.6 Å². The van der Waals surface area contributed by atoms with Crippen molar-refractivity contribution >= 4 is 11.9 Å². The highest BCUT2D eigenvalue weighted by Gasteiger charge is 2.20. The van der Waals surface area contributed by atoms with Crippen molar-refractivity contribution in [2.24, 2.45) is 0 Å². The molecule has 0 aromatic heterocycles. The van der Waals surface area contributed by atoms with Gasteiger partial charge in [-0.15, -0.1) is 0 Å². The first-order valence-electron chi connectivity index (χ1n) is 8.79. The van der Waals surface area contributed by atoms with E-state index in [1.165, 1.54) is 0 Å². The van der Waals surface area contributed by atoms with Gasteiger partial charge in [0.1, 0.15) is 5.75 Å². The molecule has 1 amide bonds. The van der Waals surface area contributed by atoms with Crippen LogP contribution in [0.15, 0.2) is 48.5 Å². The van der Waals surface area contributed by atoms with Crippen molar-refractivity contribution in [1.29, 1.82) is 0 Å². The van der Waals surface area contributed by atoms with E-state index in [-0.39, 0.29) is 18.3 Å². The lowest BCUT2D eigenvalue weighted by Gasteiger charge is -2.19. The fourth-order valence-electron chi connectivity index (χ4n) is 2.63. The summed E-state index contributed by atoms with van der Waals surface area (Å²) >= 11 is 0. The van der Waals surface area contributed by atoms with Crippen molar-refractivity contribution in [3.63, 3.8) is 0 Å². The Labute approximate surface area is 154 Å². The van der Waals surface area contributed by atoms with Gasteiger partial charge in [0.15, 0.2) is 0 Å². The van der Waals surface area contributed by atoms with E-state index in [9.17, 15) is 9.59 Å². The van der Waals surface area contributed by atoms with Crippen molar-refractivity contribution in [3.8, 4) is 5.75 Å². The maximum Gasteiger partial charge on any atom is 0.308 e. The molecule has 1 atom stereocenters. The average molecular weight is 355 g/mol. The zero-order chi connectivity index (χ0) is 18.9. The zero-order valence-electron chi connectivity index (χ0n) is 15.5. The van der Waals surface area contributed by atoms with Gasteiger partial charge in [-0.2, -0.15) is 0 Å². The van der Waals surface area contributed by atoms with E-state index in [4.69, 9.17) is 9.47 Å². The van der Waals surface area contributed by atoms with Gasteiger partial charge in [-0.25, -0.2) is 0 Å². The second kappa shape index (κ2) is 9.61. The fourth-order valence-corrected chi connectivity index (χ4v) is 2.63. The molecule has 0 aliphatic rings. The first kappa shape index (κ1) is 19.5. The molecule has 2 aromatic rings. The van der Waals surface area contributed by atoms with Gasteiger partial charge in [0.25, 0.3) is 5.91 Å². The van der Waals surface area contributed by atoms with Gasteiger partial charge in [0.05, 0.1) is 25.7 Å². The van der Waals surface area contributed by atoms with Crippen LogP contribution in [0, 0.1) is 6.92 Å². The molecule has 0 saturated heterocycles. The Hall–Kier alpha value is -2.82. The highest BCUT2D eigenvalue weighted by atomic mass is 16.5. The Kier molecular flexibility index (Phi) is 7.21. The van der Waals surface area contributed by atoms with Crippen LogP contribution in [0.3, 0.4) is 0 Å². The standard InChI is InChI=1S/C21H25NO4/c1-4-25-18-11-9-16(10-12-18)19(14-20(23)26-5-2)22-21(24)17-8-6-7-15(3)13-17/h6-13,19H,4-5,14H2,1-3H3,(H,22,24). The summed E-state index contributed by atoms with van der Waals surface area (Å²) in [4.78, 5) is 24.6. The van der Waals surface area contributed by atoms with E-state index >= 15 is 0 Å². The molecular formula is C21H25NO4. The molecule has 26 heavy (non-hydrogen) atoms. The Morgan fingerprint density at radius 2 is 1.77 bits per heavy atom. The molecule has 5 nitrogen and oxygen atoms in total. The number of amides is 1. The number of aryl methyl sites for hydroxylation is 1. The van der Waals surface area contributed by atoms with Crippen LogP contribution in [-0.2, 0) is 9.53 Å². The van der Waals surface area contributed by atoms with Gasteiger partial charge in [0.2, 0.25) is 0 Å². The molecule has 5 heteroatoms. The lowest BCUT2D eigenvalue weighted by molar-refractivity contribution is -0.143. The maximum absolute atomic E-state index is 12.6. The summed E-state index contributed by atoms with van der Waals surface area (Å²) in [5.41, 5.74) is 2.38. The zero-order valence-corrected chi connectivity index (χ0v) is 15.5. The molecule has 2 rings (SSSR count). The largest absolute Gasteiger partial charge is 0.494 e. The number of carbonyl (C=O) groups excluding carboxylic acids is 2. The van der Waals surface area contributed by atoms with E-state index in [1.54, 1.807) is 13.0 Å². The Morgan fingerprint density at radius 1 is 1.04 bits per heavy atom. The molecule has 0 fully saturated rings. The monoisotopic (exact) mass is 355 g/mol. The summed E-state index contributed by atoms with van der Waals surface area (Å²) in [6.07, 6.45) is 0.0688. The van der Waals surface area contributed by atoms with Crippen LogP contribution in [-0.4, -0.2) is 25.1 Å². The van der Waals surface area contributed by atoms with Gasteiger partial charge in [-0.05, 0) is 50.6 Å². The Bertz CT molecular complexity index is 740. The average Bonchev–Trinajstić information content (AvgIpc) is 2.62. The van der Waals surface area contributed by atoms with Crippen LogP contribution < -0.4 is 10.1 Å². The summed E-state index contributed by atoms with van der Waals surface area (Å²) in [6, 6.07) is 14.2. The minimum Gasteiger partial charge on any atom is -0.494 e. The molecule has 1 N–H and O–H groups in total. The van der Waals surface area contributed by atoms with Gasteiger partial charge < -0.3 is 14.8 Å². The first-order chi connectivity index (χ1) is 12.5. The van der Waals surface area contributed by atoms with Crippen LogP contribution in [0.4, 0.5) is 0 Å². The smallest absolute Gasteiger partial charge is 0.308 e. The molecular weight excluding hydrogens is 330 g/mol. The van der Waals surface area contributed by atoms with Gasteiger partial charge in [0, 0.05) is 5.56 Å². The minimum absolute atomic E-state index is 0.0688. The SMILES string of the molecule is CCOC(=O)CC(NC(=O)c1cccc(C)c1)c1ccc(OCC)cc1. The number of carbonyl (C=O) groups is 2. The normalized spacial score (nSPS) is 11.5. The predicted molar refractivity (Wildman–Crippen MR) is 100 cm³/mol. The van der Waals surface area contributed by atoms with Crippen molar-refractivity contribution in [3.05, 3.63) is 65.2 Å². The van der Waals surface area contributed by atoms with E-state index < -0.39 is 6.04 Å². The van der Waals surface area contributed by atoms with Crippen LogP contribution in [0.5, 0.6) is 5.75 Å². The van der Waals surface area contributed by atoms with Gasteiger partial charge >= 0.3 is 5.97 Å². The second-order valence-electron chi connectivity index (χ2n) is 5.91. The van der Waals surface area contributed by atoms with E-state index in [2.05, 4.69) is 5.32 Å². The lowest BCUT2D eigenvalue weighted by atomic mass is 10.0. The lowest BCUT2D eigenvalue weighted by Crippen LogP contribution is -2.30. The number of hydrogen-bond acceptors (Lipinski definition) is 4. The number of rotatable bonds is 8. The molecule has 0 spiro atoms. The van der Waals surface area contributed by atoms with Crippen molar-refractivity contribution < 1.29 is 19.1 Å². The molecule has 0 aliphatic heterocycles. The highest BCUT2D eigenvalue weighted by Crippen LogP contribution is 2.22. The Balaban J connectivity index is 2.19. The van der Waals surface area contributed by atoms with E-state index in [0.29, 0.717) is 18.8 Å². The third kappa shape index (κ3) is 5.62. The summed E-state index contributed by atoms with van der Waals surface area (Å²) in [5.74, 6) is 0.170. The molecule has 2 aromatic carbocycles. The number of benzene rings is 2. The second-order valence-corrected chi connectivity index (χ2v) is 5.91. The van der Waals surface area contributed by atoms with Gasteiger partial charge in [-0.1, -0.05) is 29.8 Å². The maximum atomic E-state index is 12.6. The minimum atomic E-state index is -0.474. The predicted octanol–water partition coefficient (Wildman–Crippen LogP) is 3.82. The van der Waals surface area contributed by atoms with Crippen molar-refractivity contribution in [1.82, 2.24) is 5.32 Å². The number of ether oxygens (including phenoxy) is 2. The van der Waals surface area contributed by atoms with E-state index in [0.717, 1.165) is 16.9 Å². The molecule has 0 saturated carbocycles. The van der Waals surface area contributed by atoms with Crippen molar-refractivity contribution in [2.45, 2.75) is 33.2 Å². The number of hydrogen-bond donors (Lipinski definition) is 1. The van der Waals surface area contributed by atoms with Crippen molar-refractivity contribution in [2.75, 3.05) is 13.2 Å². The molecule has 0 radical (unpaired) electrons. The fraction of sp³-hybridized carbons (Fsp3) is 0.333. The number of nitrogens with one attached hydrogen (secondary N) is 1. The Morgan fingerprint density at radius 3 is 2.38 bits per heavy atom. The van der Waals surface area contributed by atoms with Crippen LogP contribution in [0.2, 0.25) is 0 Å². The molecule has 0 heterocycles.